The van der Waals surface area contributed by atoms with Crippen LogP contribution in [0.3, 0.4) is 0 Å². The summed E-state index contributed by atoms with van der Waals surface area (Å²) < 4.78 is 7.58. The summed E-state index contributed by atoms with van der Waals surface area (Å²) in [6.45, 7) is 4.58. The number of nitrogens with zero attached hydrogens (tertiary/aromatic N) is 3. The molecule has 2 heterocycles. The van der Waals surface area contributed by atoms with E-state index in [0.717, 1.165) is 22.5 Å². The number of benzene rings is 2. The summed E-state index contributed by atoms with van der Waals surface area (Å²) in [6, 6.07) is 23.4. The lowest BCUT2D eigenvalue weighted by Gasteiger charge is -2.09. The van der Waals surface area contributed by atoms with Crippen molar-refractivity contribution in [2.45, 2.75) is 27.0 Å². The summed E-state index contributed by atoms with van der Waals surface area (Å²) in [7, 11) is 0. The van der Waals surface area contributed by atoms with Crippen LogP contribution in [-0.2, 0) is 13.2 Å². The zero-order chi connectivity index (χ0) is 21.6. The molecule has 6 heteroatoms. The highest BCUT2D eigenvalue weighted by atomic mass is 16.5. The summed E-state index contributed by atoms with van der Waals surface area (Å²) in [5, 5.41) is 7.54. The predicted molar refractivity (Wildman–Crippen MR) is 119 cm³/mol. The minimum Gasteiger partial charge on any atom is -0.473 e. The van der Waals surface area contributed by atoms with Gasteiger partial charge in [0.15, 0.2) is 0 Å². The fourth-order valence-corrected chi connectivity index (χ4v) is 3.43. The van der Waals surface area contributed by atoms with Crippen LogP contribution in [0.25, 0.3) is 5.69 Å². The summed E-state index contributed by atoms with van der Waals surface area (Å²) >= 11 is 0. The van der Waals surface area contributed by atoms with Crippen molar-refractivity contribution < 1.29 is 9.53 Å². The highest BCUT2D eigenvalue weighted by Gasteiger charge is 2.19. The highest BCUT2D eigenvalue weighted by molar-refractivity contribution is 5.96. The molecule has 0 aliphatic heterocycles. The van der Waals surface area contributed by atoms with E-state index in [1.165, 1.54) is 0 Å². The first-order valence-corrected chi connectivity index (χ1v) is 10.1. The van der Waals surface area contributed by atoms with Gasteiger partial charge in [0.05, 0.1) is 22.6 Å². The Labute approximate surface area is 181 Å². The van der Waals surface area contributed by atoms with Crippen molar-refractivity contribution >= 4 is 5.91 Å². The minimum atomic E-state index is -0.152. The number of amides is 1. The number of hydrogen-bond acceptors (Lipinski definition) is 4. The zero-order valence-corrected chi connectivity index (χ0v) is 17.6. The number of carbonyl (C=O) groups is 1. The number of ether oxygens (including phenoxy) is 1. The van der Waals surface area contributed by atoms with Crippen molar-refractivity contribution in [2.75, 3.05) is 0 Å². The van der Waals surface area contributed by atoms with Gasteiger partial charge in [0, 0.05) is 18.8 Å². The van der Waals surface area contributed by atoms with Crippen molar-refractivity contribution in [2.24, 2.45) is 0 Å². The molecule has 0 bridgehead atoms. The second kappa shape index (κ2) is 9.26. The summed E-state index contributed by atoms with van der Waals surface area (Å²) in [4.78, 5) is 17.1. The molecule has 0 spiro atoms. The van der Waals surface area contributed by atoms with Crippen LogP contribution < -0.4 is 10.1 Å². The highest BCUT2D eigenvalue weighted by Crippen LogP contribution is 2.18. The molecular formula is C25H24N4O2. The summed E-state index contributed by atoms with van der Waals surface area (Å²) in [6.07, 6.45) is 1.69. The van der Waals surface area contributed by atoms with Gasteiger partial charge in [0.2, 0.25) is 5.88 Å². The van der Waals surface area contributed by atoms with Crippen LogP contribution >= 0.6 is 0 Å². The first kappa shape index (κ1) is 20.3. The van der Waals surface area contributed by atoms with E-state index < -0.39 is 0 Å². The molecule has 0 unspecified atom stereocenters. The van der Waals surface area contributed by atoms with E-state index in [9.17, 15) is 4.79 Å². The Morgan fingerprint density at radius 2 is 1.68 bits per heavy atom. The van der Waals surface area contributed by atoms with E-state index in [1.54, 1.807) is 10.9 Å². The van der Waals surface area contributed by atoms with Gasteiger partial charge in [-0.05, 0) is 43.2 Å². The molecule has 156 valence electrons. The third kappa shape index (κ3) is 4.80. The molecule has 6 nitrogen and oxygen atoms in total. The molecule has 1 amide bonds. The molecule has 0 fully saturated rings. The number of nitrogens with one attached hydrogen (secondary N) is 1. The average molecular weight is 412 g/mol. The predicted octanol–water partition coefficient (Wildman–Crippen LogP) is 4.39. The topological polar surface area (TPSA) is 69.0 Å². The van der Waals surface area contributed by atoms with E-state index in [4.69, 9.17) is 4.74 Å². The lowest BCUT2D eigenvalue weighted by atomic mass is 10.1. The third-order valence-electron chi connectivity index (χ3n) is 5.00. The number of aryl methyl sites for hydroxylation is 1. The number of carbonyl (C=O) groups excluding carboxylic acids is 1. The van der Waals surface area contributed by atoms with E-state index >= 15 is 0 Å². The van der Waals surface area contributed by atoms with Crippen LogP contribution in [0, 0.1) is 13.8 Å². The Hall–Kier alpha value is -3.93. The number of aromatic nitrogens is 3. The fraction of sp³-hybridized carbons (Fsp3) is 0.160. The van der Waals surface area contributed by atoms with Crippen molar-refractivity contribution in [3.8, 4) is 11.6 Å². The maximum absolute atomic E-state index is 12.9. The van der Waals surface area contributed by atoms with E-state index in [0.29, 0.717) is 30.3 Å². The zero-order valence-electron chi connectivity index (χ0n) is 17.6. The summed E-state index contributed by atoms with van der Waals surface area (Å²) in [5.74, 6) is 0.376. The van der Waals surface area contributed by atoms with E-state index in [-0.39, 0.29) is 5.91 Å². The molecule has 0 saturated heterocycles. The van der Waals surface area contributed by atoms with Gasteiger partial charge in [-0.2, -0.15) is 5.10 Å². The van der Waals surface area contributed by atoms with Crippen molar-refractivity contribution in [3.05, 3.63) is 107 Å². The van der Waals surface area contributed by atoms with Gasteiger partial charge in [0.1, 0.15) is 6.61 Å². The first-order valence-electron chi connectivity index (χ1n) is 10.1. The van der Waals surface area contributed by atoms with Crippen LogP contribution in [0.4, 0.5) is 0 Å². The number of pyridine rings is 1. The second-order valence-electron chi connectivity index (χ2n) is 7.25. The molecule has 31 heavy (non-hydrogen) atoms. The van der Waals surface area contributed by atoms with E-state index in [1.807, 2.05) is 86.6 Å². The minimum absolute atomic E-state index is 0.152. The molecule has 0 radical (unpaired) electrons. The second-order valence-corrected chi connectivity index (χ2v) is 7.25. The number of hydrogen-bond donors (Lipinski definition) is 1. The molecule has 0 aliphatic rings. The molecule has 4 rings (SSSR count). The Bertz CT molecular complexity index is 1170. The molecule has 0 atom stereocenters. The average Bonchev–Trinajstić information content (AvgIpc) is 3.11. The van der Waals surface area contributed by atoms with Gasteiger partial charge in [-0.15, -0.1) is 0 Å². The standard InChI is InChI=1S/C25H24N4O2/c1-18-24(19(2)29(28-18)22-11-7-4-8-12-22)25(30)27-16-21-13-14-26-23(15-21)31-17-20-9-5-3-6-10-20/h3-15H,16-17H2,1-2H3,(H,27,30). The Morgan fingerprint density at radius 1 is 0.968 bits per heavy atom. The van der Waals surface area contributed by atoms with Gasteiger partial charge in [0.25, 0.3) is 5.91 Å². The van der Waals surface area contributed by atoms with Crippen LogP contribution in [-0.4, -0.2) is 20.7 Å². The molecule has 0 saturated carbocycles. The fourth-order valence-electron chi connectivity index (χ4n) is 3.43. The lowest BCUT2D eigenvalue weighted by Crippen LogP contribution is -2.24. The SMILES string of the molecule is Cc1nn(-c2ccccc2)c(C)c1C(=O)NCc1ccnc(OCc2ccccc2)c1. The largest absolute Gasteiger partial charge is 0.473 e. The van der Waals surface area contributed by atoms with Crippen LogP contribution in [0.1, 0.15) is 32.9 Å². The van der Waals surface area contributed by atoms with Crippen molar-refractivity contribution in [3.63, 3.8) is 0 Å². The Morgan fingerprint density at radius 3 is 2.42 bits per heavy atom. The monoisotopic (exact) mass is 412 g/mol. The van der Waals surface area contributed by atoms with Gasteiger partial charge in [-0.25, -0.2) is 9.67 Å². The van der Waals surface area contributed by atoms with Crippen molar-refractivity contribution in [1.29, 1.82) is 0 Å². The number of rotatable bonds is 7. The smallest absolute Gasteiger partial charge is 0.255 e. The van der Waals surface area contributed by atoms with E-state index in [2.05, 4.69) is 15.4 Å². The Kier molecular flexibility index (Phi) is 6.08. The van der Waals surface area contributed by atoms with Gasteiger partial charge >= 0.3 is 0 Å². The normalized spacial score (nSPS) is 10.6. The molecule has 2 aromatic carbocycles. The third-order valence-corrected chi connectivity index (χ3v) is 5.00. The molecule has 0 aliphatic carbocycles. The molecule has 2 aromatic heterocycles. The van der Waals surface area contributed by atoms with Crippen LogP contribution in [0.15, 0.2) is 79.0 Å². The van der Waals surface area contributed by atoms with Crippen molar-refractivity contribution in [1.82, 2.24) is 20.1 Å². The van der Waals surface area contributed by atoms with Gasteiger partial charge < -0.3 is 10.1 Å². The molecule has 1 N–H and O–H groups in total. The Balaban J connectivity index is 1.42. The van der Waals surface area contributed by atoms with Crippen LogP contribution in [0.2, 0.25) is 0 Å². The lowest BCUT2D eigenvalue weighted by molar-refractivity contribution is 0.0949. The molecule has 4 aromatic rings. The maximum atomic E-state index is 12.9. The maximum Gasteiger partial charge on any atom is 0.255 e. The molecular weight excluding hydrogens is 388 g/mol. The van der Waals surface area contributed by atoms with Gasteiger partial charge in [-0.1, -0.05) is 48.5 Å². The first-order chi connectivity index (χ1) is 15.1. The van der Waals surface area contributed by atoms with Crippen LogP contribution in [0.5, 0.6) is 5.88 Å². The van der Waals surface area contributed by atoms with Gasteiger partial charge in [-0.3, -0.25) is 4.79 Å². The quantitative estimate of drug-likeness (QED) is 0.489. The number of para-hydroxylation sites is 1. The summed E-state index contributed by atoms with van der Waals surface area (Å²) in [5.41, 5.74) is 5.01.